The van der Waals surface area contributed by atoms with Crippen LogP contribution >= 0.6 is 0 Å². The molecule has 0 radical (unpaired) electrons. The first-order valence-corrected chi connectivity index (χ1v) is 17.9. The molecule has 13 nitrogen and oxygen atoms in total. The minimum Gasteiger partial charge on any atom is -0.456 e. The second-order valence-corrected chi connectivity index (χ2v) is 13.8. The van der Waals surface area contributed by atoms with E-state index in [9.17, 15) is 14.4 Å². The number of hydrogen-bond acceptors (Lipinski definition) is 10. The van der Waals surface area contributed by atoms with Gasteiger partial charge in [0.25, 0.3) is 5.91 Å². The Morgan fingerprint density at radius 3 is 2.46 bits per heavy atom. The van der Waals surface area contributed by atoms with Crippen molar-refractivity contribution in [3.05, 3.63) is 70.3 Å². The Morgan fingerprint density at radius 1 is 0.885 bits per heavy atom. The number of anilines is 1. The molecule has 2 aromatic heterocycles. The standard InChI is InChI=1S/C38H39FN6O7/c39-28-17-26-34-37(35(28)44-7-5-23(20-44)41-33(46)22-43-11-15-50-16-12-43)52-32-18-25-24-3-1-2-4-30(24)51-31(25)19-29(32)45(34)21-27(36(26)47)38(48)40-6-8-42-9-13-49-14-10-42/h1-4,17-19,21,23H,5-16,20,22H2,(H,40,48)(H,41,46)/t23-/m1/s1. The highest BCUT2D eigenvalue weighted by Gasteiger charge is 2.34. The van der Waals surface area contributed by atoms with E-state index in [-0.39, 0.29) is 40.9 Å². The zero-order chi connectivity index (χ0) is 35.3. The van der Waals surface area contributed by atoms with E-state index in [1.54, 1.807) is 4.57 Å². The Balaban J connectivity index is 1.09. The summed E-state index contributed by atoms with van der Waals surface area (Å²) >= 11 is 0. The van der Waals surface area contributed by atoms with Crippen molar-refractivity contribution in [2.45, 2.75) is 12.5 Å². The van der Waals surface area contributed by atoms with E-state index in [0.717, 1.165) is 23.9 Å². The van der Waals surface area contributed by atoms with Gasteiger partial charge in [0.1, 0.15) is 27.9 Å². The first-order chi connectivity index (χ1) is 25.4. The molecule has 3 saturated heterocycles. The highest BCUT2D eigenvalue weighted by molar-refractivity contribution is 6.07. The molecule has 2 N–H and O–H groups in total. The highest BCUT2D eigenvalue weighted by Crippen LogP contribution is 2.49. The molecule has 0 unspecified atom stereocenters. The maximum atomic E-state index is 16.5. The second-order valence-electron chi connectivity index (χ2n) is 13.8. The Bertz CT molecular complexity index is 2280. The van der Waals surface area contributed by atoms with Crippen molar-refractivity contribution in [2.75, 3.05) is 90.2 Å². The molecule has 9 rings (SSSR count). The number of benzene rings is 3. The summed E-state index contributed by atoms with van der Waals surface area (Å²) in [6.07, 6.45) is 2.13. The van der Waals surface area contributed by atoms with Gasteiger partial charge in [0.2, 0.25) is 11.3 Å². The molecule has 52 heavy (non-hydrogen) atoms. The van der Waals surface area contributed by atoms with Gasteiger partial charge in [-0.3, -0.25) is 24.2 Å². The maximum Gasteiger partial charge on any atom is 0.256 e. The van der Waals surface area contributed by atoms with Gasteiger partial charge in [-0.05, 0) is 24.6 Å². The number of pyridine rings is 1. The first-order valence-electron chi connectivity index (χ1n) is 17.9. The van der Waals surface area contributed by atoms with E-state index in [4.69, 9.17) is 18.6 Å². The third kappa shape index (κ3) is 5.94. The molecular formula is C38H39FN6O7. The van der Waals surface area contributed by atoms with Gasteiger partial charge in [0, 0.05) is 81.4 Å². The number of ether oxygens (including phenoxy) is 3. The number of aromatic nitrogens is 1. The number of nitrogens with one attached hydrogen (secondary N) is 2. The second kappa shape index (κ2) is 13.5. The molecule has 270 valence electrons. The molecule has 4 aliphatic heterocycles. The molecule has 0 saturated carbocycles. The molecule has 0 bridgehead atoms. The zero-order valence-corrected chi connectivity index (χ0v) is 28.6. The summed E-state index contributed by atoms with van der Waals surface area (Å²) in [4.78, 5) is 46.7. The van der Waals surface area contributed by atoms with E-state index in [2.05, 4.69) is 20.4 Å². The van der Waals surface area contributed by atoms with Crippen LogP contribution in [0.15, 0.2) is 57.9 Å². The summed E-state index contributed by atoms with van der Waals surface area (Å²) < 4.78 is 41.8. The van der Waals surface area contributed by atoms with Crippen LogP contribution in [0.1, 0.15) is 16.8 Å². The van der Waals surface area contributed by atoms with Crippen LogP contribution in [-0.2, 0) is 14.3 Å². The van der Waals surface area contributed by atoms with E-state index in [1.165, 1.54) is 12.3 Å². The zero-order valence-electron chi connectivity index (χ0n) is 28.6. The average molecular weight is 711 g/mol. The Labute approximate surface area is 297 Å². The third-order valence-corrected chi connectivity index (χ3v) is 10.5. The van der Waals surface area contributed by atoms with Crippen LogP contribution in [0.2, 0.25) is 0 Å². The smallest absolute Gasteiger partial charge is 0.256 e. The molecule has 0 spiro atoms. The van der Waals surface area contributed by atoms with Crippen LogP contribution in [0.25, 0.3) is 38.5 Å². The van der Waals surface area contributed by atoms with Crippen LogP contribution < -0.4 is 25.7 Å². The molecule has 2 amide bonds. The number of para-hydroxylation sites is 1. The number of fused-ring (bicyclic) bond motifs is 5. The fourth-order valence-corrected chi connectivity index (χ4v) is 7.84. The topological polar surface area (TPSA) is 131 Å². The lowest BCUT2D eigenvalue weighted by Crippen LogP contribution is -2.46. The fourth-order valence-electron chi connectivity index (χ4n) is 7.84. The number of carbonyl (C=O) groups excluding carboxylic acids is 2. The number of amides is 2. The van der Waals surface area contributed by atoms with Crippen LogP contribution in [0.4, 0.5) is 10.1 Å². The van der Waals surface area contributed by atoms with E-state index < -0.39 is 17.2 Å². The number of rotatable bonds is 8. The van der Waals surface area contributed by atoms with Gasteiger partial charge in [-0.2, -0.15) is 0 Å². The Morgan fingerprint density at radius 2 is 1.65 bits per heavy atom. The van der Waals surface area contributed by atoms with Gasteiger partial charge in [-0.1, -0.05) is 18.2 Å². The number of halogens is 1. The highest BCUT2D eigenvalue weighted by atomic mass is 19.1. The lowest BCUT2D eigenvalue weighted by Gasteiger charge is -2.29. The van der Waals surface area contributed by atoms with Gasteiger partial charge in [0.05, 0.1) is 44.0 Å². The summed E-state index contributed by atoms with van der Waals surface area (Å²) in [7, 11) is 0. The van der Waals surface area contributed by atoms with E-state index in [1.807, 2.05) is 41.3 Å². The third-order valence-electron chi connectivity index (χ3n) is 10.5. The van der Waals surface area contributed by atoms with Gasteiger partial charge in [0.15, 0.2) is 17.3 Å². The largest absolute Gasteiger partial charge is 0.456 e. The van der Waals surface area contributed by atoms with Crippen LogP contribution in [-0.4, -0.2) is 118 Å². The van der Waals surface area contributed by atoms with Crippen LogP contribution in [0.3, 0.4) is 0 Å². The van der Waals surface area contributed by atoms with Gasteiger partial charge in [-0.25, -0.2) is 4.39 Å². The van der Waals surface area contributed by atoms with Crippen molar-refractivity contribution in [3.8, 4) is 17.2 Å². The van der Waals surface area contributed by atoms with Gasteiger partial charge in [-0.15, -0.1) is 0 Å². The first kappa shape index (κ1) is 32.9. The summed E-state index contributed by atoms with van der Waals surface area (Å²) in [5.41, 5.74) is 1.73. The average Bonchev–Trinajstić information content (AvgIpc) is 3.76. The predicted octanol–water partition coefficient (Wildman–Crippen LogP) is 3.22. The van der Waals surface area contributed by atoms with Crippen molar-refractivity contribution < 1.29 is 32.6 Å². The number of morpholine rings is 2. The minimum atomic E-state index is -0.644. The molecule has 1 atom stereocenters. The van der Waals surface area contributed by atoms with E-state index in [0.29, 0.717) is 100 Å². The normalized spacial score (nSPS) is 19.2. The van der Waals surface area contributed by atoms with Gasteiger partial charge >= 0.3 is 0 Å². The molecule has 3 aromatic carbocycles. The molecule has 14 heteroatoms. The van der Waals surface area contributed by atoms with Crippen molar-refractivity contribution in [1.29, 1.82) is 0 Å². The van der Waals surface area contributed by atoms with Crippen LogP contribution in [0, 0.1) is 5.82 Å². The molecule has 0 aliphatic carbocycles. The number of hydrogen-bond donors (Lipinski definition) is 2. The van der Waals surface area contributed by atoms with Crippen molar-refractivity contribution in [2.24, 2.45) is 0 Å². The van der Waals surface area contributed by atoms with Gasteiger partial charge < -0.3 is 38.7 Å². The summed E-state index contributed by atoms with van der Waals surface area (Å²) in [6, 6.07) is 12.4. The maximum absolute atomic E-state index is 16.5. The molecule has 5 aromatic rings. The summed E-state index contributed by atoms with van der Waals surface area (Å²) in [5.74, 6) is -0.652. The quantitative estimate of drug-likeness (QED) is 0.243. The molecule has 3 fully saturated rings. The lowest BCUT2D eigenvalue weighted by atomic mass is 10.0. The molecule has 4 aliphatic rings. The monoisotopic (exact) mass is 710 g/mol. The number of nitrogens with zero attached hydrogens (tertiary/aromatic N) is 4. The SMILES string of the molecule is O=C(CN1CCOCC1)N[C@@H]1CCN(c2c(F)cc3c(=O)c(C(=O)NCCN4CCOCC4)cn4c3c2Oc2cc3c(cc2-4)oc2ccccc23)C1. The van der Waals surface area contributed by atoms with Crippen molar-refractivity contribution in [3.63, 3.8) is 0 Å². The number of carbonyl (C=O) groups is 2. The Kier molecular flexibility index (Phi) is 8.54. The van der Waals surface area contributed by atoms with E-state index >= 15 is 4.39 Å². The molecule has 6 heterocycles. The number of furan rings is 1. The van der Waals surface area contributed by atoms with Crippen LogP contribution in [0.5, 0.6) is 11.5 Å². The lowest BCUT2D eigenvalue weighted by molar-refractivity contribution is -0.123. The molecular weight excluding hydrogens is 671 g/mol. The fraction of sp³-hybridized carbons (Fsp3) is 0.395. The minimum absolute atomic E-state index is 0.0296. The van der Waals surface area contributed by atoms with Crippen molar-refractivity contribution in [1.82, 2.24) is 25.0 Å². The summed E-state index contributed by atoms with van der Waals surface area (Å²) in [6.45, 7) is 7.50. The van der Waals surface area contributed by atoms with Crippen molar-refractivity contribution >= 4 is 50.3 Å². The summed E-state index contributed by atoms with van der Waals surface area (Å²) in [5, 5.41) is 7.76. The predicted molar refractivity (Wildman–Crippen MR) is 192 cm³/mol. The Hall–Kier alpha value is -5.02.